The number of hydrogen-bond donors (Lipinski definition) is 3. The van der Waals surface area contributed by atoms with Crippen molar-refractivity contribution in [1.82, 2.24) is 15.3 Å². The lowest BCUT2D eigenvalue weighted by atomic mass is 10.1. The number of aromatic hydroxyl groups is 1. The summed E-state index contributed by atoms with van der Waals surface area (Å²) in [7, 11) is 0. The quantitative estimate of drug-likeness (QED) is 0.715. The van der Waals surface area contributed by atoms with Crippen molar-refractivity contribution in [2.24, 2.45) is 0 Å². The summed E-state index contributed by atoms with van der Waals surface area (Å²) in [6, 6.07) is 7.91. The summed E-state index contributed by atoms with van der Waals surface area (Å²) in [6.07, 6.45) is 6.67. The van der Waals surface area contributed by atoms with Gasteiger partial charge in [-0.2, -0.15) is 0 Å². The number of hydrogen-bond acceptors (Lipinski definition) is 3. The van der Waals surface area contributed by atoms with E-state index in [1.165, 1.54) is 5.56 Å². The number of phenolic OH excluding ortho intramolecular Hbond substituents is 1. The molecular formula is C15H21N3O. The lowest BCUT2D eigenvalue weighted by Crippen LogP contribution is -2.28. The molecule has 2 aromatic rings. The third-order valence-corrected chi connectivity index (χ3v) is 3.21. The van der Waals surface area contributed by atoms with Crippen molar-refractivity contribution >= 4 is 0 Å². The Morgan fingerprint density at radius 2 is 2.05 bits per heavy atom. The summed E-state index contributed by atoms with van der Waals surface area (Å²) >= 11 is 0. The number of imidazole rings is 1. The lowest BCUT2D eigenvalue weighted by molar-refractivity contribution is 0.474. The van der Waals surface area contributed by atoms with Gasteiger partial charge in [0.15, 0.2) is 0 Å². The van der Waals surface area contributed by atoms with E-state index >= 15 is 0 Å². The van der Waals surface area contributed by atoms with E-state index in [-0.39, 0.29) is 0 Å². The molecule has 4 nitrogen and oxygen atoms in total. The van der Waals surface area contributed by atoms with Gasteiger partial charge in [0, 0.05) is 31.4 Å². The maximum atomic E-state index is 9.22. The first kappa shape index (κ1) is 13.6. The van der Waals surface area contributed by atoms with E-state index in [4.69, 9.17) is 0 Å². The Morgan fingerprint density at radius 3 is 2.74 bits per heavy atom. The SMILES string of the molecule is CC(CCc1ccc(O)cc1)NCCc1ncc[nH]1. The maximum absolute atomic E-state index is 9.22. The largest absolute Gasteiger partial charge is 0.508 e. The zero-order valence-corrected chi connectivity index (χ0v) is 11.3. The maximum Gasteiger partial charge on any atom is 0.115 e. The second-order valence-electron chi connectivity index (χ2n) is 4.85. The van der Waals surface area contributed by atoms with Crippen molar-refractivity contribution < 1.29 is 5.11 Å². The average Bonchev–Trinajstić information content (AvgIpc) is 2.91. The summed E-state index contributed by atoms with van der Waals surface area (Å²) < 4.78 is 0. The van der Waals surface area contributed by atoms with E-state index in [0.29, 0.717) is 11.8 Å². The molecule has 0 bridgehead atoms. The molecule has 0 spiro atoms. The van der Waals surface area contributed by atoms with Gasteiger partial charge in [0.1, 0.15) is 11.6 Å². The number of benzene rings is 1. The highest BCUT2D eigenvalue weighted by Crippen LogP contribution is 2.11. The molecule has 2 rings (SSSR count). The first-order chi connectivity index (χ1) is 9.24. The van der Waals surface area contributed by atoms with Gasteiger partial charge in [-0.1, -0.05) is 12.1 Å². The summed E-state index contributed by atoms with van der Waals surface area (Å²) in [5.41, 5.74) is 1.26. The molecule has 1 unspecified atom stereocenters. The molecule has 0 saturated carbocycles. The topological polar surface area (TPSA) is 60.9 Å². The Balaban J connectivity index is 1.64. The molecule has 0 fully saturated rings. The molecule has 0 amide bonds. The average molecular weight is 259 g/mol. The number of aromatic nitrogens is 2. The Morgan fingerprint density at radius 1 is 1.26 bits per heavy atom. The molecular weight excluding hydrogens is 238 g/mol. The van der Waals surface area contributed by atoms with Crippen LogP contribution in [0.15, 0.2) is 36.7 Å². The van der Waals surface area contributed by atoms with Gasteiger partial charge in [0.2, 0.25) is 0 Å². The van der Waals surface area contributed by atoms with Crippen LogP contribution in [0.3, 0.4) is 0 Å². The second kappa shape index (κ2) is 6.95. The first-order valence-electron chi connectivity index (χ1n) is 6.73. The van der Waals surface area contributed by atoms with Crippen LogP contribution in [-0.2, 0) is 12.8 Å². The number of H-pyrrole nitrogens is 1. The van der Waals surface area contributed by atoms with Crippen LogP contribution in [0.1, 0.15) is 24.7 Å². The second-order valence-corrected chi connectivity index (χ2v) is 4.85. The van der Waals surface area contributed by atoms with Crippen LogP contribution < -0.4 is 5.32 Å². The van der Waals surface area contributed by atoms with Crippen molar-refractivity contribution in [3.05, 3.63) is 48.0 Å². The van der Waals surface area contributed by atoms with Crippen molar-refractivity contribution in [2.45, 2.75) is 32.2 Å². The molecule has 0 radical (unpaired) electrons. The van der Waals surface area contributed by atoms with Crippen LogP contribution >= 0.6 is 0 Å². The molecule has 0 saturated heterocycles. The molecule has 102 valence electrons. The molecule has 3 N–H and O–H groups in total. The molecule has 0 aliphatic rings. The summed E-state index contributed by atoms with van der Waals surface area (Å²) in [6.45, 7) is 3.13. The number of nitrogens with zero attached hydrogens (tertiary/aromatic N) is 1. The van der Waals surface area contributed by atoms with Gasteiger partial charge in [0.05, 0.1) is 0 Å². The third-order valence-electron chi connectivity index (χ3n) is 3.21. The Kier molecular flexibility index (Phi) is 4.98. The van der Waals surface area contributed by atoms with E-state index in [1.54, 1.807) is 18.3 Å². The van der Waals surface area contributed by atoms with Crippen LogP contribution in [0.2, 0.25) is 0 Å². The summed E-state index contributed by atoms with van der Waals surface area (Å²) in [5, 5.41) is 12.7. The van der Waals surface area contributed by atoms with E-state index in [2.05, 4.69) is 22.2 Å². The molecule has 1 atom stereocenters. The monoisotopic (exact) mass is 259 g/mol. The van der Waals surface area contributed by atoms with E-state index in [9.17, 15) is 5.11 Å². The smallest absolute Gasteiger partial charge is 0.115 e. The minimum Gasteiger partial charge on any atom is -0.508 e. The summed E-state index contributed by atoms with van der Waals surface area (Å²) in [5.74, 6) is 1.35. The van der Waals surface area contributed by atoms with Gasteiger partial charge < -0.3 is 15.4 Å². The van der Waals surface area contributed by atoms with Crippen molar-refractivity contribution in [1.29, 1.82) is 0 Å². The van der Waals surface area contributed by atoms with Crippen LogP contribution in [0.5, 0.6) is 5.75 Å². The standard InChI is InChI=1S/C15H21N3O/c1-12(16-9-8-15-17-10-11-18-15)2-3-13-4-6-14(19)7-5-13/h4-7,10-12,16,19H,2-3,8-9H2,1H3,(H,17,18). The molecule has 0 aliphatic heterocycles. The zero-order valence-electron chi connectivity index (χ0n) is 11.3. The fraction of sp³-hybridized carbons (Fsp3) is 0.400. The number of rotatable bonds is 7. The van der Waals surface area contributed by atoms with E-state index < -0.39 is 0 Å². The van der Waals surface area contributed by atoms with Crippen molar-refractivity contribution in [3.8, 4) is 5.75 Å². The van der Waals surface area contributed by atoms with E-state index in [0.717, 1.165) is 31.6 Å². The van der Waals surface area contributed by atoms with Gasteiger partial charge >= 0.3 is 0 Å². The minimum atomic E-state index is 0.327. The third kappa shape index (κ3) is 4.75. The molecule has 1 heterocycles. The number of phenols is 1. The Bertz CT molecular complexity index is 465. The van der Waals surface area contributed by atoms with Gasteiger partial charge in [-0.05, 0) is 37.5 Å². The minimum absolute atomic E-state index is 0.327. The normalized spacial score (nSPS) is 12.5. The van der Waals surface area contributed by atoms with Crippen molar-refractivity contribution in [2.75, 3.05) is 6.54 Å². The Labute approximate surface area is 113 Å². The molecule has 0 aliphatic carbocycles. The van der Waals surface area contributed by atoms with Gasteiger partial charge in [-0.25, -0.2) is 4.98 Å². The van der Waals surface area contributed by atoms with Crippen LogP contribution in [0.4, 0.5) is 0 Å². The first-order valence-corrected chi connectivity index (χ1v) is 6.73. The van der Waals surface area contributed by atoms with Gasteiger partial charge in [0.25, 0.3) is 0 Å². The predicted molar refractivity (Wildman–Crippen MR) is 76.2 cm³/mol. The predicted octanol–water partition coefficient (Wildman–Crippen LogP) is 2.27. The summed E-state index contributed by atoms with van der Waals surface area (Å²) in [4.78, 5) is 7.29. The van der Waals surface area contributed by atoms with Crippen molar-refractivity contribution in [3.63, 3.8) is 0 Å². The highest BCUT2D eigenvalue weighted by molar-refractivity contribution is 5.25. The van der Waals surface area contributed by atoms with Crippen LogP contribution in [0.25, 0.3) is 0 Å². The molecule has 4 heteroatoms. The molecule has 1 aromatic carbocycles. The highest BCUT2D eigenvalue weighted by Gasteiger charge is 2.03. The zero-order chi connectivity index (χ0) is 13.5. The highest BCUT2D eigenvalue weighted by atomic mass is 16.3. The number of aryl methyl sites for hydroxylation is 1. The van der Waals surface area contributed by atoms with Gasteiger partial charge in [-0.3, -0.25) is 0 Å². The fourth-order valence-electron chi connectivity index (χ4n) is 2.02. The lowest BCUT2D eigenvalue weighted by Gasteiger charge is -2.13. The van der Waals surface area contributed by atoms with Gasteiger partial charge in [-0.15, -0.1) is 0 Å². The molecule has 19 heavy (non-hydrogen) atoms. The molecule has 1 aromatic heterocycles. The Hall–Kier alpha value is -1.81. The number of aromatic amines is 1. The van der Waals surface area contributed by atoms with Crippen LogP contribution in [-0.4, -0.2) is 27.7 Å². The fourth-order valence-corrected chi connectivity index (χ4v) is 2.02. The van der Waals surface area contributed by atoms with Crippen LogP contribution in [0, 0.1) is 0 Å². The van der Waals surface area contributed by atoms with E-state index in [1.807, 2.05) is 18.3 Å². The number of nitrogens with one attached hydrogen (secondary N) is 2.